The van der Waals surface area contributed by atoms with Gasteiger partial charge in [-0.2, -0.15) is 0 Å². The van der Waals surface area contributed by atoms with Crippen LogP contribution in [0.2, 0.25) is 0 Å². The van der Waals surface area contributed by atoms with Crippen molar-refractivity contribution >= 4 is 11.8 Å². The highest BCUT2D eigenvalue weighted by molar-refractivity contribution is 8.04. The van der Waals surface area contributed by atoms with Crippen LogP contribution in [-0.4, -0.2) is 0 Å². The van der Waals surface area contributed by atoms with E-state index in [0.29, 0.717) is 5.92 Å². The van der Waals surface area contributed by atoms with Crippen LogP contribution in [0.1, 0.15) is 37.3 Å². The SMILES string of the molecule is CC1=C[C@H](c2ccccc2)C[C@](C)(c2ccccc2)S1. The van der Waals surface area contributed by atoms with E-state index in [9.17, 15) is 0 Å². The molecule has 1 heteroatoms. The van der Waals surface area contributed by atoms with Crippen LogP contribution in [0.15, 0.2) is 71.6 Å². The molecular weight excluding hydrogens is 260 g/mol. The lowest BCUT2D eigenvalue weighted by molar-refractivity contribution is 0.572. The van der Waals surface area contributed by atoms with E-state index < -0.39 is 0 Å². The molecule has 20 heavy (non-hydrogen) atoms. The third-order valence-electron chi connectivity index (χ3n) is 4.04. The fourth-order valence-electron chi connectivity index (χ4n) is 3.07. The molecule has 0 fully saturated rings. The highest BCUT2D eigenvalue weighted by Gasteiger charge is 2.34. The van der Waals surface area contributed by atoms with E-state index in [4.69, 9.17) is 0 Å². The van der Waals surface area contributed by atoms with Gasteiger partial charge in [0, 0.05) is 10.7 Å². The Hall–Kier alpha value is -1.47. The van der Waals surface area contributed by atoms with Crippen LogP contribution >= 0.6 is 11.8 Å². The average Bonchev–Trinajstić information content (AvgIpc) is 2.48. The van der Waals surface area contributed by atoms with Crippen LogP contribution in [0.4, 0.5) is 0 Å². The number of benzene rings is 2. The summed E-state index contributed by atoms with van der Waals surface area (Å²) in [7, 11) is 0. The lowest BCUT2D eigenvalue weighted by Gasteiger charge is -2.37. The highest BCUT2D eigenvalue weighted by Crippen LogP contribution is 2.51. The van der Waals surface area contributed by atoms with E-state index in [0.717, 1.165) is 6.42 Å². The first-order valence-electron chi connectivity index (χ1n) is 7.15. The van der Waals surface area contributed by atoms with Gasteiger partial charge in [-0.1, -0.05) is 66.7 Å². The van der Waals surface area contributed by atoms with E-state index in [-0.39, 0.29) is 4.75 Å². The Kier molecular flexibility index (Phi) is 3.71. The molecule has 2 aromatic rings. The summed E-state index contributed by atoms with van der Waals surface area (Å²) in [5.41, 5.74) is 2.85. The maximum atomic E-state index is 2.42. The molecule has 0 bridgehead atoms. The summed E-state index contributed by atoms with van der Waals surface area (Å²) < 4.78 is 0.167. The fraction of sp³-hybridized carbons (Fsp3) is 0.263. The molecule has 1 heterocycles. The van der Waals surface area contributed by atoms with Gasteiger partial charge in [-0.25, -0.2) is 0 Å². The Morgan fingerprint density at radius 3 is 2.20 bits per heavy atom. The quantitative estimate of drug-likeness (QED) is 0.677. The Balaban J connectivity index is 1.96. The van der Waals surface area contributed by atoms with E-state index in [1.165, 1.54) is 16.0 Å². The Labute approximate surface area is 125 Å². The first-order chi connectivity index (χ1) is 9.67. The second-order valence-corrected chi connectivity index (χ2v) is 7.45. The fourth-order valence-corrected chi connectivity index (χ4v) is 4.53. The molecule has 0 aliphatic carbocycles. The standard InChI is InChI=1S/C19H20S/c1-15-13-17(16-9-5-3-6-10-16)14-19(2,20-15)18-11-7-4-8-12-18/h3-13,17H,14H2,1-2H3/t17-,19+/m0/s1. The third-order valence-corrected chi connectivity index (χ3v) is 5.35. The summed E-state index contributed by atoms with van der Waals surface area (Å²) in [6.45, 7) is 4.61. The highest BCUT2D eigenvalue weighted by atomic mass is 32.2. The predicted molar refractivity (Wildman–Crippen MR) is 88.9 cm³/mol. The van der Waals surface area contributed by atoms with Gasteiger partial charge in [0.15, 0.2) is 0 Å². The summed E-state index contributed by atoms with van der Waals surface area (Å²) in [6, 6.07) is 21.8. The minimum Gasteiger partial charge on any atom is -0.120 e. The summed E-state index contributed by atoms with van der Waals surface area (Å²) >= 11 is 2.00. The van der Waals surface area contributed by atoms with E-state index in [1.54, 1.807) is 0 Å². The van der Waals surface area contributed by atoms with Gasteiger partial charge in [0.25, 0.3) is 0 Å². The van der Waals surface area contributed by atoms with Crippen molar-refractivity contribution in [1.82, 2.24) is 0 Å². The second-order valence-electron chi connectivity index (χ2n) is 5.70. The average molecular weight is 280 g/mol. The van der Waals surface area contributed by atoms with Gasteiger partial charge in [-0.3, -0.25) is 0 Å². The van der Waals surface area contributed by atoms with Gasteiger partial charge in [0.2, 0.25) is 0 Å². The van der Waals surface area contributed by atoms with E-state index >= 15 is 0 Å². The zero-order chi connectivity index (χ0) is 14.0. The molecule has 0 spiro atoms. The van der Waals surface area contributed by atoms with Crippen LogP contribution < -0.4 is 0 Å². The molecule has 1 aliphatic heterocycles. The van der Waals surface area contributed by atoms with Crippen LogP contribution in [-0.2, 0) is 4.75 Å². The predicted octanol–water partition coefficient (Wildman–Crippen LogP) is 5.73. The number of rotatable bonds is 2. The van der Waals surface area contributed by atoms with Gasteiger partial charge < -0.3 is 0 Å². The zero-order valence-electron chi connectivity index (χ0n) is 12.0. The maximum absolute atomic E-state index is 2.42. The van der Waals surface area contributed by atoms with Crippen molar-refractivity contribution < 1.29 is 0 Å². The molecule has 0 aromatic heterocycles. The number of hydrogen-bond acceptors (Lipinski definition) is 1. The maximum Gasteiger partial charge on any atom is 0.0432 e. The second kappa shape index (κ2) is 5.49. The Bertz CT molecular complexity index is 600. The van der Waals surface area contributed by atoms with Crippen molar-refractivity contribution in [1.29, 1.82) is 0 Å². The van der Waals surface area contributed by atoms with Crippen LogP contribution in [0.3, 0.4) is 0 Å². The van der Waals surface area contributed by atoms with Crippen LogP contribution in [0.25, 0.3) is 0 Å². The molecule has 0 nitrogen and oxygen atoms in total. The lowest BCUT2D eigenvalue weighted by Crippen LogP contribution is -2.23. The summed E-state index contributed by atoms with van der Waals surface area (Å²) in [5, 5.41) is 0. The van der Waals surface area contributed by atoms with Crippen LogP contribution in [0.5, 0.6) is 0 Å². The molecule has 0 amide bonds. The topological polar surface area (TPSA) is 0 Å². The van der Waals surface area contributed by atoms with Gasteiger partial charge in [0.05, 0.1) is 0 Å². The Morgan fingerprint density at radius 1 is 0.950 bits per heavy atom. The summed E-state index contributed by atoms with van der Waals surface area (Å²) in [6.07, 6.45) is 3.58. The molecular formula is C19H20S. The monoisotopic (exact) mass is 280 g/mol. The molecule has 0 saturated heterocycles. The number of allylic oxidation sites excluding steroid dienone is 2. The van der Waals surface area contributed by atoms with Crippen molar-refractivity contribution in [2.45, 2.75) is 30.9 Å². The minimum atomic E-state index is 0.167. The van der Waals surface area contributed by atoms with Gasteiger partial charge in [0.1, 0.15) is 0 Å². The number of hydrogen-bond donors (Lipinski definition) is 0. The molecule has 0 N–H and O–H groups in total. The van der Waals surface area contributed by atoms with E-state index in [1.807, 2.05) is 11.8 Å². The van der Waals surface area contributed by atoms with Crippen molar-refractivity contribution in [3.63, 3.8) is 0 Å². The Morgan fingerprint density at radius 2 is 1.55 bits per heavy atom. The van der Waals surface area contributed by atoms with Gasteiger partial charge >= 0.3 is 0 Å². The van der Waals surface area contributed by atoms with Crippen molar-refractivity contribution in [2.75, 3.05) is 0 Å². The van der Waals surface area contributed by atoms with Crippen LogP contribution in [0, 0.1) is 0 Å². The molecule has 0 radical (unpaired) electrons. The van der Waals surface area contributed by atoms with Crippen molar-refractivity contribution in [3.8, 4) is 0 Å². The van der Waals surface area contributed by atoms with Crippen molar-refractivity contribution in [3.05, 3.63) is 82.8 Å². The molecule has 3 rings (SSSR count). The first-order valence-corrected chi connectivity index (χ1v) is 7.97. The largest absolute Gasteiger partial charge is 0.120 e. The smallest absolute Gasteiger partial charge is 0.0432 e. The molecule has 102 valence electrons. The lowest BCUT2D eigenvalue weighted by atomic mass is 9.84. The van der Waals surface area contributed by atoms with Gasteiger partial charge in [-0.05, 0) is 36.3 Å². The third kappa shape index (κ3) is 2.69. The molecule has 0 unspecified atom stereocenters. The first kappa shape index (κ1) is 13.5. The molecule has 1 aliphatic rings. The molecule has 2 atom stereocenters. The van der Waals surface area contributed by atoms with Crippen molar-refractivity contribution in [2.24, 2.45) is 0 Å². The molecule has 2 aromatic carbocycles. The van der Waals surface area contributed by atoms with Gasteiger partial charge in [-0.15, -0.1) is 11.8 Å². The van der Waals surface area contributed by atoms with E-state index in [2.05, 4.69) is 80.6 Å². The normalized spacial score (nSPS) is 26.1. The summed E-state index contributed by atoms with van der Waals surface area (Å²) in [4.78, 5) is 1.43. The summed E-state index contributed by atoms with van der Waals surface area (Å²) in [5.74, 6) is 0.516. The molecule has 0 saturated carbocycles. The number of thioether (sulfide) groups is 1. The zero-order valence-corrected chi connectivity index (χ0v) is 12.9. The minimum absolute atomic E-state index is 0.167.